The van der Waals surface area contributed by atoms with E-state index in [-0.39, 0.29) is 17.4 Å². The molecule has 24 heavy (non-hydrogen) atoms. The van der Waals surface area contributed by atoms with E-state index in [1.807, 2.05) is 0 Å². The number of phenols is 1. The summed E-state index contributed by atoms with van der Waals surface area (Å²) in [7, 11) is 0. The molecule has 1 heterocycles. The third-order valence-corrected chi connectivity index (χ3v) is 3.37. The average Bonchev–Trinajstić information content (AvgIpc) is 3.06. The first-order valence-corrected chi connectivity index (χ1v) is 7.17. The first-order chi connectivity index (χ1) is 11.5. The molecule has 7 heteroatoms. The second kappa shape index (κ2) is 6.33. The van der Waals surface area contributed by atoms with Crippen LogP contribution in [0.2, 0.25) is 0 Å². The van der Waals surface area contributed by atoms with Crippen LogP contribution in [0, 0.1) is 0 Å². The van der Waals surface area contributed by atoms with Gasteiger partial charge in [0.2, 0.25) is 0 Å². The summed E-state index contributed by atoms with van der Waals surface area (Å²) in [6, 6.07) is 12.9. The summed E-state index contributed by atoms with van der Waals surface area (Å²) in [5, 5.41) is 19.7. The predicted molar refractivity (Wildman–Crippen MR) is 87.4 cm³/mol. The Balaban J connectivity index is 1.73. The van der Waals surface area contributed by atoms with Gasteiger partial charge in [0.05, 0.1) is 11.9 Å². The molecule has 7 nitrogen and oxygen atoms in total. The van der Waals surface area contributed by atoms with Crippen LogP contribution in [0.5, 0.6) is 5.75 Å². The molecule has 3 rings (SSSR count). The summed E-state index contributed by atoms with van der Waals surface area (Å²) in [6.45, 7) is 1.43. The quantitative estimate of drug-likeness (QED) is 0.719. The molecule has 1 aromatic heterocycles. The second-order valence-electron chi connectivity index (χ2n) is 5.15. The zero-order valence-corrected chi connectivity index (χ0v) is 12.8. The number of rotatable bonds is 4. The van der Waals surface area contributed by atoms with Gasteiger partial charge >= 0.3 is 0 Å². The van der Waals surface area contributed by atoms with Gasteiger partial charge < -0.3 is 10.4 Å². The van der Waals surface area contributed by atoms with Gasteiger partial charge in [-0.1, -0.05) is 5.21 Å². The Morgan fingerprint density at radius 1 is 1.04 bits per heavy atom. The van der Waals surface area contributed by atoms with Crippen LogP contribution in [0.3, 0.4) is 0 Å². The smallest absolute Gasteiger partial charge is 0.255 e. The van der Waals surface area contributed by atoms with Crippen molar-refractivity contribution in [1.29, 1.82) is 0 Å². The molecular formula is C17H14N4O3. The molecule has 0 saturated carbocycles. The fourth-order valence-electron chi connectivity index (χ4n) is 2.06. The number of anilines is 1. The standard InChI is InChI=1S/C17H14N4O3/c1-11(22)16-10-21(20-19-16)14-6-4-13(5-7-14)18-17(24)12-2-8-15(23)9-3-12/h2-10,23H,1H3,(H,18,24). The van der Waals surface area contributed by atoms with E-state index in [9.17, 15) is 14.7 Å². The zero-order valence-electron chi connectivity index (χ0n) is 12.8. The molecule has 0 aliphatic heterocycles. The van der Waals surface area contributed by atoms with Crippen LogP contribution in [0.15, 0.2) is 54.7 Å². The molecule has 0 fully saturated rings. The van der Waals surface area contributed by atoms with Gasteiger partial charge in [-0.3, -0.25) is 9.59 Å². The second-order valence-corrected chi connectivity index (χ2v) is 5.15. The lowest BCUT2D eigenvalue weighted by atomic mass is 10.2. The number of amides is 1. The molecule has 0 spiro atoms. The van der Waals surface area contributed by atoms with Crippen molar-refractivity contribution in [2.75, 3.05) is 5.32 Å². The van der Waals surface area contributed by atoms with Crippen LogP contribution in [0.1, 0.15) is 27.8 Å². The number of nitrogens with one attached hydrogen (secondary N) is 1. The molecule has 0 aliphatic rings. The van der Waals surface area contributed by atoms with Gasteiger partial charge in [-0.15, -0.1) is 5.10 Å². The van der Waals surface area contributed by atoms with Crippen molar-refractivity contribution < 1.29 is 14.7 Å². The van der Waals surface area contributed by atoms with Crippen LogP contribution in [-0.2, 0) is 0 Å². The summed E-state index contributed by atoms with van der Waals surface area (Å²) in [4.78, 5) is 23.3. The molecule has 2 N–H and O–H groups in total. The van der Waals surface area contributed by atoms with Gasteiger partial charge in [0.1, 0.15) is 11.4 Å². The van der Waals surface area contributed by atoms with Crippen molar-refractivity contribution in [3.05, 3.63) is 66.0 Å². The molecule has 120 valence electrons. The van der Waals surface area contributed by atoms with Crippen molar-refractivity contribution in [3.63, 3.8) is 0 Å². The Morgan fingerprint density at radius 2 is 1.71 bits per heavy atom. The Morgan fingerprint density at radius 3 is 2.29 bits per heavy atom. The van der Waals surface area contributed by atoms with Crippen LogP contribution in [0.25, 0.3) is 5.69 Å². The monoisotopic (exact) mass is 322 g/mol. The SMILES string of the molecule is CC(=O)c1cn(-c2ccc(NC(=O)c3ccc(O)cc3)cc2)nn1. The van der Waals surface area contributed by atoms with Crippen molar-refractivity contribution >= 4 is 17.4 Å². The van der Waals surface area contributed by atoms with Crippen molar-refractivity contribution in [2.24, 2.45) is 0 Å². The topological polar surface area (TPSA) is 97.1 Å². The average molecular weight is 322 g/mol. The normalized spacial score (nSPS) is 10.4. The maximum atomic E-state index is 12.1. The number of aromatic nitrogens is 3. The van der Waals surface area contributed by atoms with E-state index < -0.39 is 0 Å². The van der Waals surface area contributed by atoms with E-state index in [0.717, 1.165) is 5.69 Å². The van der Waals surface area contributed by atoms with Crippen LogP contribution in [0.4, 0.5) is 5.69 Å². The first kappa shape index (κ1) is 15.4. The van der Waals surface area contributed by atoms with E-state index in [4.69, 9.17) is 0 Å². The molecule has 0 aliphatic carbocycles. The first-order valence-electron chi connectivity index (χ1n) is 7.17. The summed E-state index contributed by atoms with van der Waals surface area (Å²) >= 11 is 0. The highest BCUT2D eigenvalue weighted by Crippen LogP contribution is 2.15. The van der Waals surface area contributed by atoms with Crippen LogP contribution < -0.4 is 5.32 Å². The molecule has 1 amide bonds. The number of phenolic OH excluding ortho intramolecular Hbond substituents is 1. The largest absolute Gasteiger partial charge is 0.508 e. The molecule has 0 radical (unpaired) electrons. The number of hydrogen-bond donors (Lipinski definition) is 2. The van der Waals surface area contributed by atoms with Gasteiger partial charge in [-0.25, -0.2) is 4.68 Å². The fraction of sp³-hybridized carbons (Fsp3) is 0.0588. The van der Waals surface area contributed by atoms with Gasteiger partial charge in [0.25, 0.3) is 5.91 Å². The molecule has 2 aromatic carbocycles. The lowest BCUT2D eigenvalue weighted by molar-refractivity contribution is 0.100. The summed E-state index contributed by atoms with van der Waals surface area (Å²) in [5.74, 6) is -0.324. The summed E-state index contributed by atoms with van der Waals surface area (Å²) < 4.78 is 1.49. The van der Waals surface area contributed by atoms with Gasteiger partial charge in [0.15, 0.2) is 5.78 Å². The maximum Gasteiger partial charge on any atom is 0.255 e. The number of Topliss-reactive ketones (excluding diaryl/α,β-unsaturated/α-hetero) is 1. The minimum Gasteiger partial charge on any atom is -0.508 e. The Bertz CT molecular complexity index is 883. The lowest BCUT2D eigenvalue weighted by Gasteiger charge is -2.06. The molecule has 3 aromatic rings. The summed E-state index contributed by atoms with van der Waals surface area (Å²) in [5.41, 5.74) is 2.07. The number of carbonyl (C=O) groups excluding carboxylic acids is 2. The number of benzene rings is 2. The van der Waals surface area contributed by atoms with E-state index in [1.54, 1.807) is 30.5 Å². The number of ketones is 1. The highest BCUT2D eigenvalue weighted by Gasteiger charge is 2.08. The maximum absolute atomic E-state index is 12.1. The fourth-order valence-corrected chi connectivity index (χ4v) is 2.06. The van der Waals surface area contributed by atoms with Crippen molar-refractivity contribution in [2.45, 2.75) is 6.92 Å². The molecule has 0 unspecified atom stereocenters. The Kier molecular flexibility index (Phi) is 4.07. The van der Waals surface area contributed by atoms with Crippen LogP contribution in [-0.4, -0.2) is 31.8 Å². The van der Waals surface area contributed by atoms with Gasteiger partial charge in [-0.05, 0) is 48.5 Å². The highest BCUT2D eigenvalue weighted by molar-refractivity contribution is 6.04. The van der Waals surface area contributed by atoms with E-state index in [0.29, 0.717) is 16.9 Å². The zero-order chi connectivity index (χ0) is 17.1. The van der Waals surface area contributed by atoms with Crippen molar-refractivity contribution in [3.8, 4) is 11.4 Å². The number of carbonyl (C=O) groups is 2. The Labute approximate surface area is 137 Å². The molecule has 0 bridgehead atoms. The number of nitrogens with zero attached hydrogens (tertiary/aromatic N) is 3. The predicted octanol–water partition coefficient (Wildman–Crippen LogP) is 2.43. The van der Waals surface area contributed by atoms with E-state index in [1.165, 1.54) is 35.9 Å². The number of aromatic hydroxyl groups is 1. The van der Waals surface area contributed by atoms with Gasteiger partial charge in [0, 0.05) is 18.2 Å². The van der Waals surface area contributed by atoms with Crippen molar-refractivity contribution in [1.82, 2.24) is 15.0 Å². The van der Waals surface area contributed by atoms with E-state index in [2.05, 4.69) is 15.6 Å². The van der Waals surface area contributed by atoms with E-state index >= 15 is 0 Å². The molecular weight excluding hydrogens is 308 g/mol. The minimum absolute atomic E-state index is 0.105. The molecule has 0 atom stereocenters. The lowest BCUT2D eigenvalue weighted by Crippen LogP contribution is -2.11. The summed E-state index contributed by atoms with van der Waals surface area (Å²) in [6.07, 6.45) is 1.55. The van der Waals surface area contributed by atoms with Crippen LogP contribution >= 0.6 is 0 Å². The Hall–Kier alpha value is -3.48. The highest BCUT2D eigenvalue weighted by atomic mass is 16.3. The van der Waals surface area contributed by atoms with Gasteiger partial charge in [-0.2, -0.15) is 0 Å². The minimum atomic E-state index is -0.276. The third kappa shape index (κ3) is 3.30. The molecule has 0 saturated heterocycles. The number of hydrogen-bond acceptors (Lipinski definition) is 5. The third-order valence-electron chi connectivity index (χ3n) is 3.37.